The molecule has 0 saturated carbocycles. The number of alkyl carbamates (subject to hydrolysis) is 1. The maximum atomic E-state index is 11.3. The van der Waals surface area contributed by atoms with Gasteiger partial charge in [0.25, 0.3) is 0 Å². The van der Waals surface area contributed by atoms with E-state index in [2.05, 4.69) is 5.32 Å². The van der Waals surface area contributed by atoms with Crippen molar-refractivity contribution in [3.63, 3.8) is 0 Å². The van der Waals surface area contributed by atoms with Crippen LogP contribution in [0.5, 0.6) is 0 Å². The number of hydrogen-bond donors (Lipinski definition) is 1. The molecule has 0 aliphatic rings. The Labute approximate surface area is 95.6 Å². The zero-order chi connectivity index (χ0) is 11.8. The lowest BCUT2D eigenvalue weighted by Gasteiger charge is -2.12. The highest BCUT2D eigenvalue weighted by molar-refractivity contribution is 5.67. The maximum Gasteiger partial charge on any atom is 0.407 e. The van der Waals surface area contributed by atoms with Crippen molar-refractivity contribution in [2.75, 3.05) is 13.7 Å². The third kappa shape index (κ3) is 4.79. The summed E-state index contributed by atoms with van der Waals surface area (Å²) in [5, 5.41) is 2.66. The highest BCUT2D eigenvalue weighted by atomic mass is 16.5. The number of hydrogen-bond acceptors (Lipinski definition) is 3. The number of carbonyl (C=O) groups is 1. The zero-order valence-corrected chi connectivity index (χ0v) is 9.60. The average molecular weight is 223 g/mol. The van der Waals surface area contributed by atoms with Gasteiger partial charge in [-0.1, -0.05) is 30.3 Å². The van der Waals surface area contributed by atoms with Crippen LogP contribution < -0.4 is 5.32 Å². The van der Waals surface area contributed by atoms with Crippen LogP contribution in [0, 0.1) is 0 Å². The van der Waals surface area contributed by atoms with Crippen LogP contribution in [0.15, 0.2) is 30.3 Å². The fraction of sp³-hybridized carbons (Fsp3) is 0.417. The van der Waals surface area contributed by atoms with Crippen LogP contribution in [0.2, 0.25) is 0 Å². The molecule has 1 rings (SSSR count). The summed E-state index contributed by atoms with van der Waals surface area (Å²) in [7, 11) is 1.59. The molecule has 1 N–H and O–H groups in total. The molecule has 4 heteroatoms. The topological polar surface area (TPSA) is 47.6 Å². The lowest BCUT2D eigenvalue weighted by molar-refractivity contribution is 0.123. The summed E-state index contributed by atoms with van der Waals surface area (Å²) in [5.41, 5.74) is 0.969. The van der Waals surface area contributed by atoms with E-state index in [1.807, 2.05) is 37.3 Å². The van der Waals surface area contributed by atoms with Gasteiger partial charge in [0.05, 0.1) is 12.6 Å². The van der Waals surface area contributed by atoms with Crippen molar-refractivity contribution >= 4 is 6.09 Å². The summed E-state index contributed by atoms with van der Waals surface area (Å²) in [6.45, 7) is 2.61. The second kappa shape index (κ2) is 6.85. The third-order valence-electron chi connectivity index (χ3n) is 1.99. The molecule has 1 atom stereocenters. The Bertz CT molecular complexity index is 313. The van der Waals surface area contributed by atoms with Gasteiger partial charge in [-0.3, -0.25) is 0 Å². The number of rotatable bonds is 5. The van der Waals surface area contributed by atoms with E-state index in [0.717, 1.165) is 5.56 Å². The third-order valence-corrected chi connectivity index (χ3v) is 1.99. The highest BCUT2D eigenvalue weighted by Crippen LogP contribution is 2.00. The normalized spacial score (nSPS) is 11.9. The molecule has 0 aliphatic carbocycles. The first kappa shape index (κ1) is 12.5. The smallest absolute Gasteiger partial charge is 0.407 e. The molecule has 16 heavy (non-hydrogen) atoms. The van der Waals surface area contributed by atoms with Crippen molar-refractivity contribution in [1.29, 1.82) is 0 Å². The molecule has 0 radical (unpaired) electrons. The Kier molecular flexibility index (Phi) is 5.36. The van der Waals surface area contributed by atoms with Crippen molar-refractivity contribution in [3.8, 4) is 0 Å². The predicted molar refractivity (Wildman–Crippen MR) is 61.1 cm³/mol. The van der Waals surface area contributed by atoms with E-state index in [1.54, 1.807) is 7.11 Å². The van der Waals surface area contributed by atoms with E-state index in [9.17, 15) is 4.79 Å². The second-order valence-corrected chi connectivity index (χ2v) is 3.56. The first-order valence-corrected chi connectivity index (χ1v) is 5.18. The molecule has 1 amide bonds. The minimum absolute atomic E-state index is 0.0479. The van der Waals surface area contributed by atoms with Crippen LogP contribution in [0.3, 0.4) is 0 Å². The van der Waals surface area contributed by atoms with Gasteiger partial charge in [-0.05, 0) is 12.5 Å². The monoisotopic (exact) mass is 223 g/mol. The number of carbonyl (C=O) groups excluding carboxylic acids is 1. The van der Waals surface area contributed by atoms with E-state index in [-0.39, 0.29) is 12.6 Å². The molecule has 4 nitrogen and oxygen atoms in total. The average Bonchev–Trinajstić information content (AvgIpc) is 2.28. The summed E-state index contributed by atoms with van der Waals surface area (Å²) in [4.78, 5) is 11.3. The first-order valence-electron chi connectivity index (χ1n) is 5.18. The molecule has 0 saturated heterocycles. The van der Waals surface area contributed by atoms with Gasteiger partial charge in [-0.25, -0.2) is 4.79 Å². The molecule has 1 aromatic rings. The second-order valence-electron chi connectivity index (χ2n) is 3.56. The Hall–Kier alpha value is -1.55. The fourth-order valence-corrected chi connectivity index (χ4v) is 1.26. The van der Waals surface area contributed by atoms with Gasteiger partial charge in [-0.15, -0.1) is 0 Å². The van der Waals surface area contributed by atoms with Gasteiger partial charge >= 0.3 is 6.09 Å². The molecule has 0 bridgehead atoms. The van der Waals surface area contributed by atoms with Crippen molar-refractivity contribution in [1.82, 2.24) is 5.32 Å². The Morgan fingerprint density at radius 1 is 1.38 bits per heavy atom. The molecular weight excluding hydrogens is 206 g/mol. The van der Waals surface area contributed by atoms with Crippen molar-refractivity contribution in [2.45, 2.75) is 19.6 Å². The van der Waals surface area contributed by atoms with E-state index in [1.165, 1.54) is 0 Å². The van der Waals surface area contributed by atoms with Gasteiger partial charge in [-0.2, -0.15) is 0 Å². The van der Waals surface area contributed by atoms with Crippen molar-refractivity contribution in [3.05, 3.63) is 35.9 Å². The molecule has 0 aromatic heterocycles. The number of benzene rings is 1. The molecule has 88 valence electrons. The number of methoxy groups -OCH3 is 1. The largest absolute Gasteiger partial charge is 0.445 e. The Morgan fingerprint density at radius 3 is 2.69 bits per heavy atom. The Morgan fingerprint density at radius 2 is 2.06 bits per heavy atom. The SMILES string of the molecule is COC[C@H](C)NC(=O)OCc1ccccc1. The van der Waals surface area contributed by atoms with Crippen molar-refractivity contribution in [2.24, 2.45) is 0 Å². The van der Waals surface area contributed by atoms with Gasteiger partial charge in [0.1, 0.15) is 6.61 Å². The number of amides is 1. The molecule has 1 aromatic carbocycles. The minimum atomic E-state index is -0.423. The predicted octanol–water partition coefficient (Wildman–Crippen LogP) is 1.95. The van der Waals surface area contributed by atoms with E-state index in [0.29, 0.717) is 6.61 Å². The molecule has 0 heterocycles. The van der Waals surface area contributed by atoms with Crippen molar-refractivity contribution < 1.29 is 14.3 Å². The lowest BCUT2D eigenvalue weighted by atomic mass is 10.2. The lowest BCUT2D eigenvalue weighted by Crippen LogP contribution is -2.35. The molecule has 0 unspecified atom stereocenters. The Balaban J connectivity index is 2.25. The van der Waals surface area contributed by atoms with Crippen LogP contribution in [-0.4, -0.2) is 25.9 Å². The summed E-state index contributed by atoms with van der Waals surface area (Å²) < 4.78 is 9.94. The number of nitrogens with one attached hydrogen (secondary N) is 1. The fourth-order valence-electron chi connectivity index (χ4n) is 1.26. The standard InChI is InChI=1S/C12H17NO3/c1-10(8-15-2)13-12(14)16-9-11-6-4-3-5-7-11/h3-7,10H,8-9H2,1-2H3,(H,13,14)/t10-/m0/s1. The first-order chi connectivity index (χ1) is 7.72. The molecular formula is C12H17NO3. The van der Waals surface area contributed by atoms with Crippen LogP contribution in [-0.2, 0) is 16.1 Å². The zero-order valence-electron chi connectivity index (χ0n) is 9.60. The van der Waals surface area contributed by atoms with Crippen LogP contribution in [0.25, 0.3) is 0 Å². The summed E-state index contributed by atoms with van der Waals surface area (Å²) in [6.07, 6.45) is -0.423. The summed E-state index contributed by atoms with van der Waals surface area (Å²) in [5.74, 6) is 0. The van der Waals surface area contributed by atoms with Gasteiger partial charge < -0.3 is 14.8 Å². The molecule has 0 fully saturated rings. The van der Waals surface area contributed by atoms with Crippen LogP contribution in [0.4, 0.5) is 4.79 Å². The summed E-state index contributed by atoms with van der Waals surface area (Å²) >= 11 is 0. The highest BCUT2D eigenvalue weighted by Gasteiger charge is 2.07. The van der Waals surface area contributed by atoms with Gasteiger partial charge in [0.2, 0.25) is 0 Å². The van der Waals surface area contributed by atoms with Gasteiger partial charge in [0, 0.05) is 7.11 Å². The van der Waals surface area contributed by atoms with E-state index >= 15 is 0 Å². The molecule has 0 spiro atoms. The quantitative estimate of drug-likeness (QED) is 0.830. The summed E-state index contributed by atoms with van der Waals surface area (Å²) in [6, 6.07) is 9.50. The van der Waals surface area contributed by atoms with E-state index < -0.39 is 6.09 Å². The van der Waals surface area contributed by atoms with Crippen LogP contribution >= 0.6 is 0 Å². The number of ether oxygens (including phenoxy) is 2. The van der Waals surface area contributed by atoms with Gasteiger partial charge in [0.15, 0.2) is 0 Å². The van der Waals surface area contributed by atoms with Crippen LogP contribution in [0.1, 0.15) is 12.5 Å². The maximum absolute atomic E-state index is 11.3. The minimum Gasteiger partial charge on any atom is -0.445 e. The van der Waals surface area contributed by atoms with E-state index in [4.69, 9.17) is 9.47 Å². The molecule has 0 aliphatic heterocycles.